The number of aliphatic hydroxyl groups is 1. The van der Waals surface area contributed by atoms with Crippen LogP contribution in [0.1, 0.15) is 38.5 Å². The summed E-state index contributed by atoms with van der Waals surface area (Å²) < 4.78 is 0.137. The highest BCUT2D eigenvalue weighted by molar-refractivity contribution is 9.18. The highest BCUT2D eigenvalue weighted by Gasteiger charge is 2.59. The van der Waals surface area contributed by atoms with E-state index in [9.17, 15) is 9.90 Å². The lowest BCUT2D eigenvalue weighted by molar-refractivity contribution is -0.169. The molecule has 3 heteroatoms. The lowest BCUT2D eigenvalue weighted by Crippen LogP contribution is -2.57. The van der Waals surface area contributed by atoms with E-state index >= 15 is 0 Å². The van der Waals surface area contributed by atoms with E-state index in [0.717, 1.165) is 25.7 Å². The molecule has 2 atom stereocenters. The zero-order valence-corrected chi connectivity index (χ0v) is 9.72. The average Bonchev–Trinajstić information content (AvgIpc) is 1.98. The topological polar surface area (TPSA) is 37.3 Å². The Hall–Kier alpha value is 0.110. The van der Waals surface area contributed by atoms with Gasteiger partial charge in [0.15, 0.2) is 0 Å². The first-order valence-electron chi connectivity index (χ1n) is 5.44. The highest BCUT2D eigenvalue weighted by atomic mass is 79.9. The van der Waals surface area contributed by atoms with Crippen molar-refractivity contribution in [3.05, 3.63) is 0 Å². The molecule has 4 bridgehead atoms. The molecule has 2 nitrogen and oxygen atoms in total. The second kappa shape index (κ2) is 2.62. The minimum Gasteiger partial charge on any atom is -0.390 e. The standard InChI is InChI=1S/C11H15BrO2/c12-9(13)10-2-7-1-8(3-10)5-11(14,4-7)6-10/h7-8,14H,1-6H2. The minimum absolute atomic E-state index is 0.137. The summed E-state index contributed by atoms with van der Waals surface area (Å²) in [7, 11) is 0. The monoisotopic (exact) mass is 258 g/mol. The molecule has 4 aliphatic carbocycles. The molecule has 4 aliphatic rings. The van der Waals surface area contributed by atoms with E-state index in [0.29, 0.717) is 18.3 Å². The molecule has 0 saturated heterocycles. The van der Waals surface area contributed by atoms with Gasteiger partial charge in [-0.1, -0.05) is 0 Å². The number of hydrogen-bond acceptors (Lipinski definition) is 2. The van der Waals surface area contributed by atoms with Crippen LogP contribution in [-0.4, -0.2) is 15.4 Å². The minimum atomic E-state index is -0.506. The van der Waals surface area contributed by atoms with Crippen LogP contribution >= 0.6 is 15.9 Å². The third-order valence-electron chi connectivity index (χ3n) is 4.45. The zero-order chi connectivity index (χ0) is 9.97. The quantitative estimate of drug-likeness (QED) is 0.733. The molecule has 0 radical (unpaired) electrons. The van der Waals surface area contributed by atoms with Crippen LogP contribution in [0.5, 0.6) is 0 Å². The van der Waals surface area contributed by atoms with Crippen molar-refractivity contribution < 1.29 is 9.90 Å². The fourth-order valence-electron chi connectivity index (χ4n) is 4.44. The summed E-state index contributed by atoms with van der Waals surface area (Å²) in [4.78, 5) is 11.6. The largest absolute Gasteiger partial charge is 0.390 e. The number of hydrogen-bond donors (Lipinski definition) is 1. The highest BCUT2D eigenvalue weighted by Crippen LogP contribution is 2.62. The summed E-state index contributed by atoms with van der Waals surface area (Å²) in [6.45, 7) is 0. The Labute approximate surface area is 92.2 Å². The molecule has 0 aromatic rings. The molecule has 4 rings (SSSR count). The Morgan fingerprint density at radius 1 is 1.21 bits per heavy atom. The van der Waals surface area contributed by atoms with Gasteiger partial charge in [0.25, 0.3) is 0 Å². The molecular formula is C11H15BrO2. The predicted octanol–water partition coefficient (Wildman–Crippen LogP) is 2.24. The smallest absolute Gasteiger partial charge is 0.204 e. The van der Waals surface area contributed by atoms with Gasteiger partial charge in [-0.2, -0.15) is 0 Å². The Morgan fingerprint density at radius 3 is 2.21 bits per heavy atom. The molecular weight excluding hydrogens is 244 g/mol. The molecule has 78 valence electrons. The maximum Gasteiger partial charge on any atom is 0.204 e. The van der Waals surface area contributed by atoms with E-state index in [4.69, 9.17) is 0 Å². The summed E-state index contributed by atoms with van der Waals surface area (Å²) >= 11 is 3.14. The second-order valence-corrected chi connectivity index (χ2v) is 6.46. The van der Waals surface area contributed by atoms with E-state index < -0.39 is 5.60 Å². The number of halogens is 1. The lowest BCUT2D eigenvalue weighted by atomic mass is 9.48. The SMILES string of the molecule is O=C(Br)C12CC3CC(CC(O)(C3)C1)C2. The third-order valence-corrected chi connectivity index (χ3v) is 5.29. The van der Waals surface area contributed by atoms with E-state index in [-0.39, 0.29) is 10.1 Å². The van der Waals surface area contributed by atoms with Gasteiger partial charge in [0.05, 0.1) is 5.60 Å². The summed E-state index contributed by atoms with van der Waals surface area (Å²) in [6, 6.07) is 0. The van der Waals surface area contributed by atoms with Gasteiger partial charge in [0.1, 0.15) is 0 Å². The number of carbonyl (C=O) groups excluding carboxylic acids is 1. The molecule has 14 heavy (non-hydrogen) atoms. The Bertz CT molecular complexity index is 286. The van der Waals surface area contributed by atoms with Gasteiger partial charge in [-0.15, -0.1) is 0 Å². The van der Waals surface area contributed by atoms with Gasteiger partial charge in [0.2, 0.25) is 4.69 Å². The Kier molecular flexibility index (Phi) is 1.75. The van der Waals surface area contributed by atoms with Crippen molar-refractivity contribution >= 4 is 20.6 Å². The van der Waals surface area contributed by atoms with Gasteiger partial charge in [-0.3, -0.25) is 4.79 Å². The van der Waals surface area contributed by atoms with Gasteiger partial charge in [0, 0.05) is 5.41 Å². The van der Waals surface area contributed by atoms with Crippen molar-refractivity contribution in [2.75, 3.05) is 0 Å². The summed E-state index contributed by atoms with van der Waals surface area (Å²) in [5.74, 6) is 1.20. The summed E-state index contributed by atoms with van der Waals surface area (Å²) in [5.41, 5.74) is -0.716. The van der Waals surface area contributed by atoms with Crippen molar-refractivity contribution in [2.24, 2.45) is 17.3 Å². The average molecular weight is 259 g/mol. The second-order valence-electron chi connectivity index (χ2n) is 5.74. The number of rotatable bonds is 1. The number of carbonyl (C=O) groups is 1. The molecule has 4 fully saturated rings. The van der Waals surface area contributed by atoms with Gasteiger partial charge in [-0.25, -0.2) is 0 Å². The van der Waals surface area contributed by atoms with Crippen molar-refractivity contribution in [3.8, 4) is 0 Å². The van der Waals surface area contributed by atoms with Gasteiger partial charge < -0.3 is 5.11 Å². The summed E-state index contributed by atoms with van der Waals surface area (Å²) in [5, 5.41) is 10.3. The van der Waals surface area contributed by atoms with Gasteiger partial charge >= 0.3 is 0 Å². The maximum atomic E-state index is 11.6. The normalized spacial score (nSPS) is 55.0. The van der Waals surface area contributed by atoms with E-state index in [1.54, 1.807) is 0 Å². The first-order valence-corrected chi connectivity index (χ1v) is 6.23. The van der Waals surface area contributed by atoms with Crippen molar-refractivity contribution in [3.63, 3.8) is 0 Å². The predicted molar refractivity (Wildman–Crippen MR) is 56.0 cm³/mol. The fourth-order valence-corrected chi connectivity index (χ4v) is 4.91. The van der Waals surface area contributed by atoms with Crippen LogP contribution in [0.3, 0.4) is 0 Å². The molecule has 2 unspecified atom stereocenters. The third kappa shape index (κ3) is 1.15. The van der Waals surface area contributed by atoms with Crippen LogP contribution in [0.4, 0.5) is 0 Å². The molecule has 0 spiro atoms. The van der Waals surface area contributed by atoms with Crippen LogP contribution in [0.25, 0.3) is 0 Å². The molecule has 1 N–H and O–H groups in total. The zero-order valence-electron chi connectivity index (χ0n) is 8.13. The van der Waals surface area contributed by atoms with Crippen LogP contribution in [0, 0.1) is 17.3 Å². The lowest BCUT2D eigenvalue weighted by Gasteiger charge is -2.58. The van der Waals surface area contributed by atoms with Crippen LogP contribution in [0.2, 0.25) is 0 Å². The fraction of sp³-hybridized carbons (Fsp3) is 0.909. The molecule has 0 aromatic carbocycles. The molecule has 0 aromatic heterocycles. The van der Waals surface area contributed by atoms with Crippen molar-refractivity contribution in [2.45, 2.75) is 44.1 Å². The first-order chi connectivity index (χ1) is 6.51. The molecule has 0 heterocycles. The van der Waals surface area contributed by atoms with Gasteiger partial charge in [-0.05, 0) is 66.3 Å². The van der Waals surface area contributed by atoms with E-state index in [1.165, 1.54) is 6.42 Å². The first kappa shape index (κ1) is 9.34. The Balaban J connectivity index is 2.00. The van der Waals surface area contributed by atoms with Crippen LogP contribution in [-0.2, 0) is 4.79 Å². The van der Waals surface area contributed by atoms with Crippen molar-refractivity contribution in [1.29, 1.82) is 0 Å². The summed E-state index contributed by atoms with van der Waals surface area (Å²) in [6.07, 6.45) is 5.84. The van der Waals surface area contributed by atoms with Crippen LogP contribution in [0.15, 0.2) is 0 Å². The van der Waals surface area contributed by atoms with Crippen LogP contribution < -0.4 is 0 Å². The van der Waals surface area contributed by atoms with E-state index in [2.05, 4.69) is 15.9 Å². The molecule has 4 saturated carbocycles. The Morgan fingerprint density at radius 2 is 1.79 bits per heavy atom. The maximum absolute atomic E-state index is 11.6. The molecule has 0 amide bonds. The van der Waals surface area contributed by atoms with E-state index in [1.807, 2.05) is 0 Å². The van der Waals surface area contributed by atoms with Crippen molar-refractivity contribution in [1.82, 2.24) is 0 Å². The molecule has 0 aliphatic heterocycles.